The van der Waals surface area contributed by atoms with E-state index in [9.17, 15) is 4.79 Å². The zero-order valence-electron chi connectivity index (χ0n) is 11.3. The van der Waals surface area contributed by atoms with E-state index in [1.807, 2.05) is 31.2 Å². The van der Waals surface area contributed by atoms with E-state index in [0.717, 1.165) is 11.3 Å². The monoisotopic (exact) mass is 329 g/mol. The molecule has 0 aliphatic heterocycles. The van der Waals surface area contributed by atoms with Crippen LogP contribution >= 0.6 is 15.9 Å². The second-order valence-corrected chi connectivity index (χ2v) is 4.94. The van der Waals surface area contributed by atoms with Crippen LogP contribution in [0.15, 0.2) is 24.3 Å². The standard InChI is InChI=1S/C14H20BrNO3/c1-11-4-3-5-13(8-11)19-7-6-14(17)16-12(9-15)10-18-2/h3-5,8,12H,6-7,9-10H2,1-2H3,(H,16,17). The number of halogens is 1. The molecule has 0 aromatic heterocycles. The van der Waals surface area contributed by atoms with Gasteiger partial charge in [0.15, 0.2) is 0 Å². The molecule has 1 aromatic rings. The number of methoxy groups -OCH3 is 1. The van der Waals surface area contributed by atoms with E-state index in [2.05, 4.69) is 21.2 Å². The highest BCUT2D eigenvalue weighted by Gasteiger charge is 2.10. The van der Waals surface area contributed by atoms with E-state index < -0.39 is 0 Å². The highest BCUT2D eigenvalue weighted by atomic mass is 79.9. The van der Waals surface area contributed by atoms with Crippen LogP contribution in [-0.4, -0.2) is 37.6 Å². The van der Waals surface area contributed by atoms with E-state index in [4.69, 9.17) is 9.47 Å². The maximum atomic E-state index is 11.7. The number of carbonyl (C=O) groups excluding carboxylic acids is 1. The summed E-state index contributed by atoms with van der Waals surface area (Å²) in [5.74, 6) is 0.760. The first-order valence-corrected chi connectivity index (χ1v) is 7.31. The van der Waals surface area contributed by atoms with E-state index in [0.29, 0.717) is 25.0 Å². The Morgan fingerprint density at radius 2 is 2.26 bits per heavy atom. The van der Waals surface area contributed by atoms with Gasteiger partial charge >= 0.3 is 0 Å². The van der Waals surface area contributed by atoms with Crippen LogP contribution in [0.5, 0.6) is 5.75 Å². The fourth-order valence-corrected chi connectivity index (χ4v) is 1.94. The van der Waals surface area contributed by atoms with Gasteiger partial charge in [0.25, 0.3) is 0 Å². The normalized spacial score (nSPS) is 11.9. The third-order valence-corrected chi connectivity index (χ3v) is 3.29. The second-order valence-electron chi connectivity index (χ2n) is 4.29. The van der Waals surface area contributed by atoms with Gasteiger partial charge in [-0.25, -0.2) is 0 Å². The SMILES string of the molecule is COCC(CBr)NC(=O)CCOc1cccc(C)c1. The minimum Gasteiger partial charge on any atom is -0.493 e. The third kappa shape index (κ3) is 6.59. The van der Waals surface area contributed by atoms with E-state index in [1.165, 1.54) is 0 Å². The van der Waals surface area contributed by atoms with Crippen molar-refractivity contribution in [2.24, 2.45) is 0 Å². The third-order valence-electron chi connectivity index (χ3n) is 2.51. The molecule has 0 bridgehead atoms. The Labute approximate surface area is 122 Å². The van der Waals surface area contributed by atoms with E-state index >= 15 is 0 Å². The molecule has 4 nitrogen and oxygen atoms in total. The Kier molecular flexibility index (Phi) is 7.52. The molecule has 1 N–H and O–H groups in total. The lowest BCUT2D eigenvalue weighted by Gasteiger charge is -2.15. The molecule has 1 rings (SSSR count). The molecule has 0 saturated heterocycles. The molecular formula is C14H20BrNO3. The summed E-state index contributed by atoms with van der Waals surface area (Å²) < 4.78 is 10.5. The number of ether oxygens (including phenoxy) is 2. The highest BCUT2D eigenvalue weighted by Crippen LogP contribution is 2.12. The molecule has 0 aliphatic rings. The van der Waals surface area contributed by atoms with Gasteiger partial charge in [0, 0.05) is 12.4 Å². The molecule has 1 aromatic carbocycles. The molecule has 106 valence electrons. The minimum absolute atomic E-state index is 0.00327. The van der Waals surface area contributed by atoms with Gasteiger partial charge in [-0.2, -0.15) is 0 Å². The molecule has 0 aliphatic carbocycles. The fraction of sp³-hybridized carbons (Fsp3) is 0.500. The zero-order valence-corrected chi connectivity index (χ0v) is 12.9. The van der Waals surface area contributed by atoms with Crippen molar-refractivity contribution < 1.29 is 14.3 Å². The summed E-state index contributed by atoms with van der Waals surface area (Å²) in [6.45, 7) is 2.87. The molecule has 0 fully saturated rings. The number of aryl methyl sites for hydroxylation is 1. The summed E-state index contributed by atoms with van der Waals surface area (Å²) in [6, 6.07) is 7.77. The predicted octanol–water partition coefficient (Wildman–Crippen LogP) is 2.29. The number of benzene rings is 1. The quantitative estimate of drug-likeness (QED) is 0.744. The van der Waals surface area contributed by atoms with Gasteiger partial charge in [0.2, 0.25) is 5.91 Å². The van der Waals surface area contributed by atoms with Crippen molar-refractivity contribution >= 4 is 21.8 Å². The van der Waals surface area contributed by atoms with Gasteiger partial charge in [-0.3, -0.25) is 4.79 Å². The van der Waals surface area contributed by atoms with Crippen molar-refractivity contribution in [1.29, 1.82) is 0 Å². The van der Waals surface area contributed by atoms with Crippen LogP contribution in [0.2, 0.25) is 0 Å². The summed E-state index contributed by atoms with van der Waals surface area (Å²) in [7, 11) is 1.61. The van der Waals surface area contributed by atoms with Gasteiger partial charge in [-0.15, -0.1) is 0 Å². The van der Waals surface area contributed by atoms with Crippen molar-refractivity contribution in [2.75, 3.05) is 25.7 Å². The molecule has 0 saturated carbocycles. The number of alkyl halides is 1. The molecule has 1 unspecified atom stereocenters. The molecule has 5 heteroatoms. The number of rotatable bonds is 8. The molecule has 0 radical (unpaired) electrons. The maximum Gasteiger partial charge on any atom is 0.223 e. The summed E-state index contributed by atoms with van der Waals surface area (Å²) in [6.07, 6.45) is 0.334. The predicted molar refractivity (Wildman–Crippen MR) is 78.9 cm³/mol. The van der Waals surface area contributed by atoms with E-state index in [-0.39, 0.29) is 11.9 Å². The molecule has 0 heterocycles. The van der Waals surface area contributed by atoms with Crippen LogP contribution < -0.4 is 10.1 Å². The minimum atomic E-state index is -0.0332. The van der Waals surface area contributed by atoms with Crippen LogP contribution in [-0.2, 0) is 9.53 Å². The van der Waals surface area contributed by atoms with Gasteiger partial charge in [0.1, 0.15) is 5.75 Å². The Morgan fingerprint density at radius 3 is 2.89 bits per heavy atom. The first-order valence-electron chi connectivity index (χ1n) is 6.19. The van der Waals surface area contributed by atoms with Gasteiger partial charge in [-0.05, 0) is 24.6 Å². The summed E-state index contributed by atoms with van der Waals surface area (Å²) >= 11 is 3.33. The molecular weight excluding hydrogens is 310 g/mol. The Morgan fingerprint density at radius 1 is 1.47 bits per heavy atom. The Bertz CT molecular complexity index is 398. The average Bonchev–Trinajstić information content (AvgIpc) is 2.38. The topological polar surface area (TPSA) is 47.6 Å². The largest absolute Gasteiger partial charge is 0.493 e. The number of hydrogen-bond acceptors (Lipinski definition) is 3. The van der Waals surface area contributed by atoms with Crippen molar-refractivity contribution in [3.63, 3.8) is 0 Å². The van der Waals surface area contributed by atoms with Crippen molar-refractivity contribution in [1.82, 2.24) is 5.32 Å². The van der Waals surface area contributed by atoms with Gasteiger partial charge in [0.05, 0.1) is 25.7 Å². The van der Waals surface area contributed by atoms with Crippen molar-refractivity contribution in [3.05, 3.63) is 29.8 Å². The highest BCUT2D eigenvalue weighted by molar-refractivity contribution is 9.09. The molecule has 1 amide bonds. The summed E-state index contributed by atoms with van der Waals surface area (Å²) in [5, 5.41) is 3.55. The Hall–Kier alpha value is -1.07. The van der Waals surface area contributed by atoms with Crippen molar-refractivity contribution in [2.45, 2.75) is 19.4 Å². The Balaban J connectivity index is 2.27. The smallest absolute Gasteiger partial charge is 0.223 e. The molecule has 19 heavy (non-hydrogen) atoms. The van der Waals surface area contributed by atoms with Crippen LogP contribution in [0, 0.1) is 6.92 Å². The lowest BCUT2D eigenvalue weighted by Crippen LogP contribution is -2.39. The molecule has 0 spiro atoms. The molecule has 1 atom stereocenters. The lowest BCUT2D eigenvalue weighted by molar-refractivity contribution is -0.122. The summed E-state index contributed by atoms with van der Waals surface area (Å²) in [5.41, 5.74) is 1.14. The van der Waals surface area contributed by atoms with E-state index in [1.54, 1.807) is 7.11 Å². The first kappa shape index (κ1) is 16.0. The second kappa shape index (κ2) is 8.93. The lowest BCUT2D eigenvalue weighted by atomic mass is 10.2. The van der Waals surface area contributed by atoms with Crippen LogP contribution in [0.3, 0.4) is 0 Å². The zero-order chi connectivity index (χ0) is 14.1. The summed E-state index contributed by atoms with van der Waals surface area (Å²) in [4.78, 5) is 11.7. The fourth-order valence-electron chi connectivity index (χ4n) is 1.59. The number of carbonyl (C=O) groups is 1. The van der Waals surface area contributed by atoms with Gasteiger partial charge in [-0.1, -0.05) is 28.1 Å². The number of nitrogens with one attached hydrogen (secondary N) is 1. The van der Waals surface area contributed by atoms with Crippen LogP contribution in [0.1, 0.15) is 12.0 Å². The van der Waals surface area contributed by atoms with Gasteiger partial charge < -0.3 is 14.8 Å². The van der Waals surface area contributed by atoms with Crippen molar-refractivity contribution in [3.8, 4) is 5.75 Å². The number of amides is 1. The average molecular weight is 330 g/mol. The van der Waals surface area contributed by atoms with Crippen LogP contribution in [0.4, 0.5) is 0 Å². The van der Waals surface area contributed by atoms with Crippen LogP contribution in [0.25, 0.3) is 0 Å². The maximum absolute atomic E-state index is 11.7. The number of hydrogen-bond donors (Lipinski definition) is 1. The first-order chi connectivity index (χ1) is 9.15.